The summed E-state index contributed by atoms with van der Waals surface area (Å²) in [6.07, 6.45) is 1.84. The number of benzene rings is 3. The molecular formula is C32H37N3O. The Kier molecular flexibility index (Phi) is 7.52. The molecule has 2 heterocycles. The quantitative estimate of drug-likeness (QED) is 0.330. The highest BCUT2D eigenvalue weighted by molar-refractivity contribution is 5.81. The number of piperidine rings is 1. The molecule has 3 aromatic carbocycles. The predicted molar refractivity (Wildman–Crippen MR) is 148 cm³/mol. The number of fused-ring (bicyclic) bond motifs is 1. The van der Waals surface area contributed by atoms with Gasteiger partial charge in [-0.25, -0.2) is 0 Å². The van der Waals surface area contributed by atoms with Gasteiger partial charge in [0, 0.05) is 36.8 Å². The fourth-order valence-corrected chi connectivity index (χ4v) is 5.42. The van der Waals surface area contributed by atoms with E-state index >= 15 is 0 Å². The van der Waals surface area contributed by atoms with E-state index in [0.717, 1.165) is 39.0 Å². The molecule has 0 aliphatic carbocycles. The molecule has 1 N–H and O–H groups in total. The monoisotopic (exact) mass is 479 g/mol. The van der Waals surface area contributed by atoms with Crippen LogP contribution in [0.4, 0.5) is 0 Å². The molecule has 1 atom stereocenters. The summed E-state index contributed by atoms with van der Waals surface area (Å²) in [5.74, 6) is 0.651. The lowest BCUT2D eigenvalue weighted by molar-refractivity contribution is -0.126. The Bertz CT molecular complexity index is 1300. The molecule has 0 radical (unpaired) electrons. The van der Waals surface area contributed by atoms with Gasteiger partial charge in [-0.2, -0.15) is 0 Å². The van der Waals surface area contributed by atoms with Crippen LogP contribution in [-0.2, 0) is 17.9 Å². The van der Waals surface area contributed by atoms with Crippen molar-refractivity contribution < 1.29 is 4.79 Å². The van der Waals surface area contributed by atoms with Crippen molar-refractivity contribution in [3.05, 3.63) is 107 Å². The number of carbonyl (C=O) groups is 1. The largest absolute Gasteiger partial charge is 0.355 e. The third kappa shape index (κ3) is 5.55. The summed E-state index contributed by atoms with van der Waals surface area (Å²) in [5.41, 5.74) is 6.60. The van der Waals surface area contributed by atoms with E-state index in [1.807, 2.05) is 6.07 Å². The van der Waals surface area contributed by atoms with Gasteiger partial charge >= 0.3 is 0 Å². The zero-order chi connectivity index (χ0) is 24.9. The summed E-state index contributed by atoms with van der Waals surface area (Å²) in [4.78, 5) is 15.4. The lowest BCUT2D eigenvalue weighted by Gasteiger charge is -2.31. The van der Waals surface area contributed by atoms with E-state index in [4.69, 9.17) is 0 Å². The zero-order valence-corrected chi connectivity index (χ0v) is 21.5. The van der Waals surface area contributed by atoms with E-state index in [1.165, 1.54) is 33.3 Å². The normalized spacial score (nSPS) is 15.7. The first kappa shape index (κ1) is 24.3. The number of aromatic nitrogens is 1. The first-order chi connectivity index (χ1) is 17.6. The minimum Gasteiger partial charge on any atom is -0.355 e. The second kappa shape index (κ2) is 11.1. The van der Waals surface area contributed by atoms with Crippen LogP contribution >= 0.6 is 0 Å². The third-order valence-corrected chi connectivity index (χ3v) is 7.78. The molecule has 0 bridgehead atoms. The number of carbonyl (C=O) groups excluding carboxylic acids is 1. The van der Waals surface area contributed by atoms with Gasteiger partial charge in [0.2, 0.25) is 5.91 Å². The number of rotatable bonds is 8. The minimum absolute atomic E-state index is 0.113. The fourth-order valence-electron chi connectivity index (χ4n) is 5.42. The molecule has 186 valence electrons. The van der Waals surface area contributed by atoms with E-state index in [0.29, 0.717) is 12.5 Å². The predicted octanol–water partition coefficient (Wildman–Crippen LogP) is 6.13. The summed E-state index contributed by atoms with van der Waals surface area (Å²) < 4.78 is 2.47. The van der Waals surface area contributed by atoms with Crippen LogP contribution < -0.4 is 5.32 Å². The summed E-state index contributed by atoms with van der Waals surface area (Å²) in [6, 6.07) is 30.1. The van der Waals surface area contributed by atoms with Crippen LogP contribution in [0.1, 0.15) is 48.1 Å². The average Bonchev–Trinajstić information content (AvgIpc) is 3.26. The second-order valence-corrected chi connectivity index (χ2v) is 10.3. The van der Waals surface area contributed by atoms with Crippen LogP contribution in [0.2, 0.25) is 0 Å². The summed E-state index contributed by atoms with van der Waals surface area (Å²) in [5, 5.41) is 4.51. The molecule has 1 unspecified atom stereocenters. The molecule has 5 rings (SSSR count). The average molecular weight is 480 g/mol. The lowest BCUT2D eigenvalue weighted by Crippen LogP contribution is -2.41. The van der Waals surface area contributed by atoms with Crippen LogP contribution in [0, 0.1) is 12.8 Å². The van der Waals surface area contributed by atoms with Gasteiger partial charge in [0.15, 0.2) is 0 Å². The van der Waals surface area contributed by atoms with E-state index < -0.39 is 0 Å². The number of aryl methyl sites for hydroxylation is 1. The van der Waals surface area contributed by atoms with Gasteiger partial charge in [0.1, 0.15) is 0 Å². The van der Waals surface area contributed by atoms with Crippen molar-refractivity contribution in [1.29, 1.82) is 0 Å². The van der Waals surface area contributed by atoms with Gasteiger partial charge in [-0.15, -0.1) is 0 Å². The smallest absolute Gasteiger partial charge is 0.223 e. The molecule has 4 aromatic rings. The Balaban J connectivity index is 1.20. The number of likely N-dealkylation sites (tertiary alicyclic amines) is 1. The maximum absolute atomic E-state index is 12.9. The topological polar surface area (TPSA) is 37.3 Å². The van der Waals surface area contributed by atoms with Crippen molar-refractivity contribution in [2.45, 2.75) is 45.7 Å². The first-order valence-corrected chi connectivity index (χ1v) is 13.2. The lowest BCUT2D eigenvalue weighted by atomic mass is 9.95. The Labute approximate surface area is 214 Å². The fraction of sp³-hybridized carbons (Fsp3) is 0.344. The number of nitrogens with zero attached hydrogens (tertiary/aromatic N) is 2. The number of hydrogen-bond donors (Lipinski definition) is 1. The Morgan fingerprint density at radius 2 is 1.61 bits per heavy atom. The summed E-state index contributed by atoms with van der Waals surface area (Å²) in [7, 11) is 0. The molecule has 0 spiro atoms. The SMILES string of the molecule is Cc1ccccc1Cn1c(CN2CCC(C(=O)NCC(C)c3ccccc3)CC2)cc2ccccc21. The van der Waals surface area contributed by atoms with Crippen molar-refractivity contribution in [1.82, 2.24) is 14.8 Å². The first-order valence-electron chi connectivity index (χ1n) is 13.2. The van der Waals surface area contributed by atoms with Crippen molar-refractivity contribution >= 4 is 16.8 Å². The molecule has 1 saturated heterocycles. The Hall–Kier alpha value is -3.37. The molecule has 1 fully saturated rings. The highest BCUT2D eigenvalue weighted by Gasteiger charge is 2.26. The molecular weight excluding hydrogens is 442 g/mol. The molecule has 1 aliphatic heterocycles. The summed E-state index contributed by atoms with van der Waals surface area (Å²) >= 11 is 0. The van der Waals surface area contributed by atoms with Gasteiger partial charge in [0.25, 0.3) is 0 Å². The van der Waals surface area contributed by atoms with E-state index in [2.05, 4.69) is 107 Å². The van der Waals surface area contributed by atoms with Gasteiger partial charge in [0.05, 0.1) is 0 Å². The van der Waals surface area contributed by atoms with Crippen molar-refractivity contribution in [3.63, 3.8) is 0 Å². The standard InChI is InChI=1S/C32H37N3O/c1-24-10-6-7-14-29(24)22-35-30(20-28-13-8-9-15-31(28)35)23-34-18-16-27(17-19-34)32(36)33-21-25(2)26-11-4-3-5-12-26/h3-15,20,25,27H,16-19,21-23H2,1-2H3,(H,33,36). The summed E-state index contributed by atoms with van der Waals surface area (Å²) in [6.45, 7) is 8.78. The van der Waals surface area contributed by atoms with Crippen molar-refractivity contribution in [3.8, 4) is 0 Å². The van der Waals surface area contributed by atoms with E-state index in [9.17, 15) is 4.79 Å². The van der Waals surface area contributed by atoms with Crippen molar-refractivity contribution in [2.75, 3.05) is 19.6 Å². The number of hydrogen-bond acceptors (Lipinski definition) is 2. The minimum atomic E-state index is 0.113. The van der Waals surface area contributed by atoms with Crippen LogP contribution in [-0.4, -0.2) is 35.0 Å². The Morgan fingerprint density at radius 3 is 2.39 bits per heavy atom. The number of nitrogens with one attached hydrogen (secondary N) is 1. The highest BCUT2D eigenvalue weighted by Crippen LogP contribution is 2.26. The molecule has 1 amide bonds. The molecule has 4 heteroatoms. The molecule has 1 aromatic heterocycles. The Morgan fingerprint density at radius 1 is 0.917 bits per heavy atom. The number of para-hydroxylation sites is 1. The van der Waals surface area contributed by atoms with Crippen LogP contribution in [0.15, 0.2) is 84.9 Å². The maximum atomic E-state index is 12.9. The number of amides is 1. The molecule has 36 heavy (non-hydrogen) atoms. The van der Waals surface area contributed by atoms with Crippen LogP contribution in [0.3, 0.4) is 0 Å². The van der Waals surface area contributed by atoms with E-state index in [-0.39, 0.29) is 11.8 Å². The maximum Gasteiger partial charge on any atom is 0.223 e. The van der Waals surface area contributed by atoms with Crippen LogP contribution in [0.5, 0.6) is 0 Å². The molecule has 1 aliphatic rings. The van der Waals surface area contributed by atoms with Gasteiger partial charge < -0.3 is 9.88 Å². The van der Waals surface area contributed by atoms with Gasteiger partial charge in [-0.3, -0.25) is 9.69 Å². The van der Waals surface area contributed by atoms with E-state index in [1.54, 1.807) is 0 Å². The third-order valence-electron chi connectivity index (χ3n) is 7.78. The van der Waals surface area contributed by atoms with Gasteiger partial charge in [-0.05, 0) is 73.0 Å². The van der Waals surface area contributed by atoms with Crippen LogP contribution in [0.25, 0.3) is 10.9 Å². The second-order valence-electron chi connectivity index (χ2n) is 10.3. The molecule has 4 nitrogen and oxygen atoms in total. The zero-order valence-electron chi connectivity index (χ0n) is 21.5. The van der Waals surface area contributed by atoms with Gasteiger partial charge in [-0.1, -0.05) is 79.7 Å². The van der Waals surface area contributed by atoms with Crippen molar-refractivity contribution in [2.24, 2.45) is 5.92 Å². The molecule has 0 saturated carbocycles. The highest BCUT2D eigenvalue weighted by atomic mass is 16.1.